The van der Waals surface area contributed by atoms with Crippen molar-refractivity contribution in [2.45, 2.75) is 11.8 Å². The highest BCUT2D eigenvalue weighted by Gasteiger charge is 2.16. The molecule has 0 saturated carbocycles. The summed E-state index contributed by atoms with van der Waals surface area (Å²) in [5, 5.41) is 0. The third-order valence-electron chi connectivity index (χ3n) is 3.53. The Morgan fingerprint density at radius 2 is 2.00 bits per heavy atom. The van der Waals surface area contributed by atoms with Gasteiger partial charge in [0.2, 0.25) is 0 Å². The Labute approximate surface area is 154 Å². The average Bonchev–Trinajstić information content (AvgIpc) is 3.00. The summed E-state index contributed by atoms with van der Waals surface area (Å²) in [6, 6.07) is 11.6. The standard InChI is InChI=1S/C17H16BrN3O3S/c1-12-10-21(11-19-12)16-7-6-14(9-17(16)24-2)20-25(22,23)15-5-3-4-13(18)8-15/h3-11,20H,1-2H3. The molecule has 6 nitrogen and oxygen atoms in total. The molecule has 0 spiro atoms. The highest BCUT2D eigenvalue weighted by Crippen LogP contribution is 2.28. The second-order valence-electron chi connectivity index (χ2n) is 5.37. The molecule has 1 aromatic heterocycles. The topological polar surface area (TPSA) is 73.2 Å². The van der Waals surface area contributed by atoms with E-state index in [1.807, 2.05) is 17.7 Å². The number of nitrogens with one attached hydrogen (secondary N) is 1. The second kappa shape index (κ2) is 6.89. The summed E-state index contributed by atoms with van der Waals surface area (Å²) in [5.74, 6) is 0.534. The van der Waals surface area contributed by atoms with Gasteiger partial charge >= 0.3 is 0 Å². The van der Waals surface area contributed by atoms with Gasteiger partial charge in [-0.25, -0.2) is 13.4 Å². The first-order chi connectivity index (χ1) is 11.9. The van der Waals surface area contributed by atoms with Crippen LogP contribution >= 0.6 is 15.9 Å². The number of nitrogens with zero attached hydrogens (tertiary/aromatic N) is 2. The third kappa shape index (κ3) is 3.85. The number of hydrogen-bond acceptors (Lipinski definition) is 4. The molecule has 1 heterocycles. The lowest BCUT2D eigenvalue weighted by Gasteiger charge is -2.13. The summed E-state index contributed by atoms with van der Waals surface area (Å²) in [7, 11) is -2.15. The van der Waals surface area contributed by atoms with Gasteiger partial charge in [0.05, 0.1) is 35.4 Å². The quantitative estimate of drug-likeness (QED) is 0.680. The van der Waals surface area contributed by atoms with Crippen LogP contribution in [0, 0.1) is 6.92 Å². The van der Waals surface area contributed by atoms with Gasteiger partial charge in [0, 0.05) is 16.7 Å². The van der Waals surface area contributed by atoms with Crippen molar-refractivity contribution in [1.29, 1.82) is 0 Å². The predicted molar refractivity (Wildman–Crippen MR) is 99.8 cm³/mol. The van der Waals surface area contributed by atoms with E-state index in [1.165, 1.54) is 13.2 Å². The van der Waals surface area contributed by atoms with Crippen molar-refractivity contribution in [2.75, 3.05) is 11.8 Å². The van der Waals surface area contributed by atoms with Crippen LogP contribution in [0.1, 0.15) is 5.69 Å². The number of aryl methyl sites for hydroxylation is 1. The van der Waals surface area contributed by atoms with E-state index >= 15 is 0 Å². The van der Waals surface area contributed by atoms with E-state index in [-0.39, 0.29) is 4.90 Å². The Hall–Kier alpha value is -2.32. The van der Waals surface area contributed by atoms with Crippen LogP contribution in [0.2, 0.25) is 0 Å². The summed E-state index contributed by atoms with van der Waals surface area (Å²) in [6.07, 6.45) is 3.54. The smallest absolute Gasteiger partial charge is 0.261 e. The Balaban J connectivity index is 1.93. The minimum absolute atomic E-state index is 0.176. The number of ether oxygens (including phenoxy) is 1. The average molecular weight is 422 g/mol. The largest absolute Gasteiger partial charge is 0.494 e. The van der Waals surface area contributed by atoms with Gasteiger partial charge in [-0.3, -0.25) is 4.72 Å². The van der Waals surface area contributed by atoms with Crippen molar-refractivity contribution in [3.63, 3.8) is 0 Å². The molecule has 130 valence electrons. The van der Waals surface area contributed by atoms with Crippen molar-refractivity contribution >= 4 is 31.6 Å². The lowest BCUT2D eigenvalue weighted by molar-refractivity contribution is 0.413. The highest BCUT2D eigenvalue weighted by atomic mass is 79.9. The molecule has 0 fully saturated rings. The van der Waals surface area contributed by atoms with E-state index in [4.69, 9.17) is 4.74 Å². The van der Waals surface area contributed by atoms with E-state index in [9.17, 15) is 8.42 Å². The Kier molecular flexibility index (Phi) is 4.82. The first-order valence-corrected chi connectivity index (χ1v) is 9.64. The van der Waals surface area contributed by atoms with Gasteiger partial charge in [-0.1, -0.05) is 22.0 Å². The van der Waals surface area contributed by atoms with Crippen LogP contribution in [0.5, 0.6) is 5.75 Å². The number of methoxy groups -OCH3 is 1. The van der Waals surface area contributed by atoms with Crippen LogP contribution in [0.25, 0.3) is 5.69 Å². The SMILES string of the molecule is COc1cc(NS(=O)(=O)c2cccc(Br)c2)ccc1-n1cnc(C)c1. The summed E-state index contributed by atoms with van der Waals surface area (Å²) in [6.45, 7) is 1.89. The van der Waals surface area contributed by atoms with Gasteiger partial charge in [0.1, 0.15) is 5.75 Å². The lowest BCUT2D eigenvalue weighted by Crippen LogP contribution is -2.13. The van der Waals surface area contributed by atoms with Crippen molar-refractivity contribution in [1.82, 2.24) is 9.55 Å². The molecule has 0 aliphatic rings. The Morgan fingerprint density at radius 3 is 2.64 bits per heavy atom. The lowest BCUT2D eigenvalue weighted by atomic mass is 10.2. The zero-order valence-electron chi connectivity index (χ0n) is 13.6. The van der Waals surface area contributed by atoms with Crippen LogP contribution in [0.15, 0.2) is 64.4 Å². The fourth-order valence-electron chi connectivity index (χ4n) is 2.36. The molecular weight excluding hydrogens is 406 g/mol. The summed E-state index contributed by atoms with van der Waals surface area (Å²) >= 11 is 3.28. The van der Waals surface area contributed by atoms with Gasteiger partial charge in [0.15, 0.2) is 0 Å². The summed E-state index contributed by atoms with van der Waals surface area (Å²) in [5.41, 5.74) is 2.06. The molecule has 0 aliphatic carbocycles. The maximum atomic E-state index is 12.5. The fourth-order valence-corrected chi connectivity index (χ4v) is 4.00. The van der Waals surface area contributed by atoms with Gasteiger partial charge < -0.3 is 9.30 Å². The molecule has 0 amide bonds. The molecule has 0 radical (unpaired) electrons. The number of aromatic nitrogens is 2. The van der Waals surface area contributed by atoms with Crippen LogP contribution in [0.3, 0.4) is 0 Å². The molecule has 0 aliphatic heterocycles. The van der Waals surface area contributed by atoms with Crippen LogP contribution in [-0.4, -0.2) is 25.1 Å². The highest BCUT2D eigenvalue weighted by molar-refractivity contribution is 9.10. The minimum Gasteiger partial charge on any atom is -0.494 e. The van der Waals surface area contributed by atoms with E-state index in [0.29, 0.717) is 15.9 Å². The number of hydrogen-bond donors (Lipinski definition) is 1. The third-order valence-corrected chi connectivity index (χ3v) is 5.40. The minimum atomic E-state index is -3.69. The van der Waals surface area contributed by atoms with Gasteiger partial charge in [-0.2, -0.15) is 0 Å². The molecule has 0 atom stereocenters. The van der Waals surface area contributed by atoms with Crippen LogP contribution in [-0.2, 0) is 10.0 Å². The number of anilines is 1. The maximum absolute atomic E-state index is 12.5. The van der Waals surface area contributed by atoms with E-state index in [0.717, 1.165) is 11.4 Å². The molecule has 3 rings (SSSR count). The normalized spacial score (nSPS) is 11.3. The number of benzene rings is 2. The number of imidazole rings is 1. The molecule has 0 bridgehead atoms. The van der Waals surface area contributed by atoms with E-state index in [1.54, 1.807) is 42.7 Å². The summed E-state index contributed by atoms with van der Waals surface area (Å²) in [4.78, 5) is 4.37. The van der Waals surface area contributed by atoms with E-state index < -0.39 is 10.0 Å². The van der Waals surface area contributed by atoms with Crippen molar-refractivity contribution in [3.8, 4) is 11.4 Å². The first-order valence-electron chi connectivity index (χ1n) is 7.36. The molecule has 0 unspecified atom stereocenters. The zero-order chi connectivity index (χ0) is 18.0. The Morgan fingerprint density at radius 1 is 1.20 bits per heavy atom. The van der Waals surface area contributed by atoms with Gasteiger partial charge in [-0.15, -0.1) is 0 Å². The number of halogens is 1. The molecular formula is C17H16BrN3O3S. The molecule has 2 aromatic carbocycles. The maximum Gasteiger partial charge on any atom is 0.261 e. The van der Waals surface area contributed by atoms with Gasteiger partial charge in [0.25, 0.3) is 10.0 Å². The van der Waals surface area contributed by atoms with E-state index in [2.05, 4.69) is 25.6 Å². The molecule has 3 aromatic rings. The van der Waals surface area contributed by atoms with Crippen LogP contribution < -0.4 is 9.46 Å². The molecule has 1 N–H and O–H groups in total. The monoisotopic (exact) mass is 421 g/mol. The molecule has 8 heteroatoms. The molecule has 0 saturated heterocycles. The zero-order valence-corrected chi connectivity index (χ0v) is 16.0. The first kappa shape index (κ1) is 17.5. The predicted octanol–water partition coefficient (Wildman–Crippen LogP) is 3.75. The number of sulfonamides is 1. The molecule has 25 heavy (non-hydrogen) atoms. The summed E-state index contributed by atoms with van der Waals surface area (Å²) < 4.78 is 35.5. The number of rotatable bonds is 5. The van der Waals surface area contributed by atoms with Crippen molar-refractivity contribution in [3.05, 3.63) is 65.2 Å². The van der Waals surface area contributed by atoms with Crippen molar-refractivity contribution < 1.29 is 13.2 Å². The fraction of sp³-hybridized carbons (Fsp3) is 0.118. The van der Waals surface area contributed by atoms with Crippen LogP contribution in [0.4, 0.5) is 5.69 Å². The second-order valence-corrected chi connectivity index (χ2v) is 7.97. The van der Waals surface area contributed by atoms with Crippen molar-refractivity contribution in [2.24, 2.45) is 0 Å². The van der Waals surface area contributed by atoms with Gasteiger partial charge in [-0.05, 0) is 37.3 Å². The Bertz CT molecular complexity index is 1020.